The summed E-state index contributed by atoms with van der Waals surface area (Å²) < 4.78 is 23.5. The largest absolute Gasteiger partial charge is 0.497 e. The van der Waals surface area contributed by atoms with Gasteiger partial charge in [-0.15, -0.1) is 15.3 Å². The van der Waals surface area contributed by atoms with Crippen molar-refractivity contribution in [3.8, 4) is 34.5 Å². The van der Waals surface area contributed by atoms with Crippen LogP contribution in [0.4, 0.5) is 5.69 Å². The summed E-state index contributed by atoms with van der Waals surface area (Å²) in [5, 5.41) is 18.2. The van der Waals surface area contributed by atoms with Crippen LogP contribution in [0.5, 0.6) is 23.1 Å². The Morgan fingerprint density at radius 1 is 0.946 bits per heavy atom. The molecule has 2 N–H and O–H groups in total. The maximum absolute atomic E-state index is 12.1. The van der Waals surface area contributed by atoms with Crippen LogP contribution in [0.15, 0.2) is 54.6 Å². The second-order valence-corrected chi connectivity index (χ2v) is 7.73. The van der Waals surface area contributed by atoms with Crippen LogP contribution in [-0.4, -0.2) is 65.6 Å². The van der Waals surface area contributed by atoms with E-state index in [0.29, 0.717) is 45.9 Å². The van der Waals surface area contributed by atoms with Gasteiger partial charge in [0.1, 0.15) is 23.9 Å². The minimum Gasteiger partial charge on any atom is -0.497 e. The van der Waals surface area contributed by atoms with Gasteiger partial charge in [0.05, 0.1) is 26.3 Å². The third-order valence-corrected chi connectivity index (χ3v) is 5.08. The fourth-order valence-electron chi connectivity index (χ4n) is 3.42. The first-order valence-corrected chi connectivity index (χ1v) is 11.3. The lowest BCUT2D eigenvalue weighted by Crippen LogP contribution is -2.32. The van der Waals surface area contributed by atoms with Crippen LogP contribution in [0.3, 0.4) is 0 Å². The molecule has 12 nitrogen and oxygen atoms in total. The first-order valence-electron chi connectivity index (χ1n) is 11.3. The highest BCUT2D eigenvalue weighted by atomic mass is 16.5. The third-order valence-electron chi connectivity index (χ3n) is 5.08. The Labute approximate surface area is 212 Å². The third kappa shape index (κ3) is 6.42. The summed E-state index contributed by atoms with van der Waals surface area (Å²) in [5.74, 6) is 1.98. The number of carbonyl (C=O) groups excluding carboxylic acids is 2. The first-order chi connectivity index (χ1) is 18.0. The Bertz CT molecular complexity index is 1410. The van der Waals surface area contributed by atoms with Crippen molar-refractivity contribution in [2.75, 3.05) is 39.3 Å². The maximum atomic E-state index is 12.1. The van der Waals surface area contributed by atoms with Crippen molar-refractivity contribution in [1.82, 2.24) is 25.1 Å². The number of nitrogens with zero attached hydrogens (tertiary/aromatic N) is 4. The van der Waals surface area contributed by atoms with Crippen LogP contribution < -0.4 is 29.6 Å². The average molecular weight is 507 g/mol. The van der Waals surface area contributed by atoms with Crippen LogP contribution in [0.1, 0.15) is 6.92 Å². The number of rotatable bonds is 11. The van der Waals surface area contributed by atoms with Crippen molar-refractivity contribution in [1.29, 1.82) is 0 Å². The molecular weight excluding hydrogens is 480 g/mol. The van der Waals surface area contributed by atoms with Crippen LogP contribution in [0.25, 0.3) is 17.0 Å². The van der Waals surface area contributed by atoms with E-state index in [9.17, 15) is 9.59 Å². The van der Waals surface area contributed by atoms with Gasteiger partial charge in [-0.05, 0) is 36.4 Å². The molecule has 2 aromatic heterocycles. The predicted molar refractivity (Wildman–Crippen MR) is 134 cm³/mol. The number of amides is 2. The topological polar surface area (TPSA) is 138 Å². The van der Waals surface area contributed by atoms with Crippen LogP contribution in [0, 0.1) is 0 Å². The van der Waals surface area contributed by atoms with Crippen LogP contribution in [0.2, 0.25) is 0 Å². The molecule has 2 aromatic carbocycles. The Kier molecular flexibility index (Phi) is 7.98. The van der Waals surface area contributed by atoms with E-state index in [-0.39, 0.29) is 31.6 Å². The minimum atomic E-state index is -0.317. The fraction of sp³-hybridized carbons (Fsp3) is 0.240. The normalized spacial score (nSPS) is 10.6. The molecule has 2 amide bonds. The van der Waals surface area contributed by atoms with Gasteiger partial charge < -0.3 is 29.6 Å². The number of hydrogen-bond acceptors (Lipinski definition) is 9. The van der Waals surface area contributed by atoms with Gasteiger partial charge in [0.25, 0.3) is 5.91 Å². The number of anilines is 1. The average Bonchev–Trinajstić information content (AvgIpc) is 3.32. The molecule has 0 unspecified atom stereocenters. The number of methoxy groups -OCH3 is 2. The summed E-state index contributed by atoms with van der Waals surface area (Å²) in [4.78, 5) is 23.3. The summed E-state index contributed by atoms with van der Waals surface area (Å²) in [7, 11) is 3.15. The summed E-state index contributed by atoms with van der Waals surface area (Å²) >= 11 is 0. The van der Waals surface area contributed by atoms with Crippen molar-refractivity contribution in [2.24, 2.45) is 0 Å². The van der Waals surface area contributed by atoms with Crippen LogP contribution >= 0.6 is 0 Å². The van der Waals surface area contributed by atoms with E-state index in [1.165, 1.54) is 6.92 Å². The van der Waals surface area contributed by atoms with Crippen molar-refractivity contribution in [3.05, 3.63) is 54.6 Å². The highest BCUT2D eigenvalue weighted by Gasteiger charge is 2.16. The van der Waals surface area contributed by atoms with Gasteiger partial charge in [0.2, 0.25) is 11.8 Å². The number of benzene rings is 2. The highest BCUT2D eigenvalue weighted by molar-refractivity contribution is 5.88. The van der Waals surface area contributed by atoms with Crippen molar-refractivity contribution in [3.63, 3.8) is 0 Å². The van der Waals surface area contributed by atoms with Gasteiger partial charge in [0.15, 0.2) is 18.1 Å². The molecule has 0 aliphatic carbocycles. The fourth-order valence-corrected chi connectivity index (χ4v) is 3.42. The molecule has 192 valence electrons. The molecule has 4 aromatic rings. The zero-order chi connectivity index (χ0) is 26.2. The Balaban J connectivity index is 1.32. The molecule has 37 heavy (non-hydrogen) atoms. The lowest BCUT2D eigenvalue weighted by atomic mass is 10.2. The smallest absolute Gasteiger partial charge is 0.258 e. The lowest BCUT2D eigenvalue weighted by Gasteiger charge is -2.10. The summed E-state index contributed by atoms with van der Waals surface area (Å²) in [6.45, 7) is 1.66. The predicted octanol–water partition coefficient (Wildman–Crippen LogP) is 2.34. The molecular formula is C25H26N6O6. The van der Waals surface area contributed by atoms with Gasteiger partial charge in [-0.1, -0.05) is 6.07 Å². The Morgan fingerprint density at radius 2 is 1.81 bits per heavy atom. The molecule has 0 bridgehead atoms. The molecule has 0 atom stereocenters. The summed E-state index contributed by atoms with van der Waals surface area (Å²) in [6.07, 6.45) is 0. The highest BCUT2D eigenvalue weighted by Crippen LogP contribution is 2.32. The van der Waals surface area contributed by atoms with Crippen LogP contribution in [-0.2, 0) is 9.59 Å². The van der Waals surface area contributed by atoms with E-state index in [2.05, 4.69) is 25.9 Å². The van der Waals surface area contributed by atoms with Gasteiger partial charge in [0, 0.05) is 24.7 Å². The number of fused-ring (bicyclic) bond motifs is 1. The van der Waals surface area contributed by atoms with Crippen molar-refractivity contribution >= 4 is 23.1 Å². The quantitative estimate of drug-likeness (QED) is 0.294. The van der Waals surface area contributed by atoms with Gasteiger partial charge in [-0.2, -0.15) is 4.52 Å². The summed E-state index contributed by atoms with van der Waals surface area (Å²) in [6, 6.07) is 15.5. The van der Waals surface area contributed by atoms with Gasteiger partial charge in [-0.3, -0.25) is 9.59 Å². The van der Waals surface area contributed by atoms with Crippen molar-refractivity contribution in [2.45, 2.75) is 6.92 Å². The molecule has 2 heterocycles. The van der Waals surface area contributed by atoms with Crippen molar-refractivity contribution < 1.29 is 28.5 Å². The molecule has 4 rings (SSSR count). The molecule has 12 heteroatoms. The number of nitrogens with one attached hydrogen (secondary N) is 2. The Hall–Kier alpha value is -4.87. The number of aromatic nitrogens is 4. The first kappa shape index (κ1) is 25.2. The molecule has 0 saturated heterocycles. The zero-order valence-electron chi connectivity index (χ0n) is 20.6. The van der Waals surface area contributed by atoms with Gasteiger partial charge in [-0.25, -0.2) is 0 Å². The standard InChI is InChI=1S/C25H26N6O6/c1-16(32)27-17-5-4-6-19(13-17)37-15-23(33)26-11-12-36-24-10-9-22-28-29-25(31(22)30-24)20-14-18(34-2)7-8-21(20)35-3/h4-10,13-14H,11-12,15H2,1-3H3,(H,26,33)(H,27,32). The minimum absolute atomic E-state index is 0.180. The van der Waals surface area contributed by atoms with E-state index in [0.717, 1.165) is 0 Å². The molecule has 0 spiro atoms. The lowest BCUT2D eigenvalue weighted by molar-refractivity contribution is -0.123. The van der Waals surface area contributed by atoms with E-state index in [1.807, 2.05) is 0 Å². The monoisotopic (exact) mass is 506 g/mol. The SMILES string of the molecule is COc1ccc(OC)c(-c2nnc3ccc(OCCNC(=O)COc4cccc(NC(C)=O)c4)nn23)c1. The second-order valence-electron chi connectivity index (χ2n) is 7.73. The molecule has 0 radical (unpaired) electrons. The number of hydrogen-bond donors (Lipinski definition) is 2. The zero-order valence-corrected chi connectivity index (χ0v) is 20.6. The van der Waals surface area contributed by atoms with Gasteiger partial charge >= 0.3 is 0 Å². The molecule has 0 aliphatic heterocycles. The molecule has 0 aliphatic rings. The van der Waals surface area contributed by atoms with E-state index in [1.54, 1.807) is 73.3 Å². The van der Waals surface area contributed by atoms with E-state index < -0.39 is 0 Å². The summed E-state index contributed by atoms with van der Waals surface area (Å²) in [5.41, 5.74) is 1.78. The molecule has 0 fully saturated rings. The Morgan fingerprint density at radius 3 is 2.59 bits per heavy atom. The number of ether oxygens (including phenoxy) is 4. The second kappa shape index (κ2) is 11.7. The van der Waals surface area contributed by atoms with E-state index >= 15 is 0 Å². The molecule has 0 saturated carbocycles. The van der Waals surface area contributed by atoms with E-state index in [4.69, 9.17) is 18.9 Å². The maximum Gasteiger partial charge on any atom is 0.258 e. The number of carbonyl (C=O) groups is 2.